The molecule has 1 saturated carbocycles. The van der Waals surface area contributed by atoms with Crippen molar-refractivity contribution in [3.63, 3.8) is 0 Å². The van der Waals surface area contributed by atoms with Crippen LogP contribution in [-0.4, -0.2) is 36.6 Å². The van der Waals surface area contributed by atoms with E-state index in [0.29, 0.717) is 6.04 Å². The number of nitrogens with zero attached hydrogens (tertiary/aromatic N) is 1. The summed E-state index contributed by atoms with van der Waals surface area (Å²) in [7, 11) is 0. The van der Waals surface area contributed by atoms with Crippen LogP contribution in [0.5, 0.6) is 0 Å². The summed E-state index contributed by atoms with van der Waals surface area (Å²) in [5, 5.41) is 3.48. The van der Waals surface area contributed by atoms with Crippen LogP contribution in [0.4, 0.5) is 0 Å². The molecule has 0 unspecified atom stereocenters. The van der Waals surface area contributed by atoms with E-state index < -0.39 is 0 Å². The van der Waals surface area contributed by atoms with E-state index in [1.54, 1.807) is 0 Å². The fourth-order valence-electron chi connectivity index (χ4n) is 2.21. The van der Waals surface area contributed by atoms with Gasteiger partial charge in [-0.1, -0.05) is 27.2 Å². The lowest BCUT2D eigenvalue weighted by Gasteiger charge is -2.21. The molecule has 0 aromatic heterocycles. The summed E-state index contributed by atoms with van der Waals surface area (Å²) in [5.74, 6) is 0. The molecule has 1 rings (SSSR count). The Balaban J connectivity index is 1.92. The standard InChI is InChI=1S/C14H30N2/c1-4-11-16(14-8-9-14)12-7-5-6-10-15-13(2)3/h13-15H,4-12H2,1-3H3. The van der Waals surface area contributed by atoms with Crippen molar-refractivity contribution in [2.75, 3.05) is 19.6 Å². The summed E-state index contributed by atoms with van der Waals surface area (Å²) >= 11 is 0. The van der Waals surface area contributed by atoms with Gasteiger partial charge in [0, 0.05) is 12.1 Å². The molecule has 0 aromatic carbocycles. The summed E-state index contributed by atoms with van der Waals surface area (Å²) in [4.78, 5) is 2.70. The molecule has 0 atom stereocenters. The molecule has 96 valence electrons. The molecule has 0 spiro atoms. The smallest absolute Gasteiger partial charge is 0.00964 e. The van der Waals surface area contributed by atoms with Gasteiger partial charge in [-0.2, -0.15) is 0 Å². The first kappa shape index (κ1) is 14.0. The van der Waals surface area contributed by atoms with Gasteiger partial charge in [0.05, 0.1) is 0 Å². The van der Waals surface area contributed by atoms with Crippen molar-refractivity contribution in [3.05, 3.63) is 0 Å². The van der Waals surface area contributed by atoms with Crippen LogP contribution in [0.2, 0.25) is 0 Å². The highest BCUT2D eigenvalue weighted by atomic mass is 15.2. The Morgan fingerprint density at radius 1 is 1.12 bits per heavy atom. The molecule has 2 heteroatoms. The predicted octanol–water partition coefficient (Wildman–Crippen LogP) is 3.03. The highest BCUT2D eigenvalue weighted by Crippen LogP contribution is 2.27. The Hall–Kier alpha value is -0.0800. The van der Waals surface area contributed by atoms with Crippen molar-refractivity contribution in [2.45, 2.75) is 71.4 Å². The maximum atomic E-state index is 3.48. The molecule has 1 aliphatic rings. The maximum Gasteiger partial charge on any atom is 0.00964 e. The van der Waals surface area contributed by atoms with Crippen LogP contribution in [0.3, 0.4) is 0 Å². The van der Waals surface area contributed by atoms with E-state index in [1.807, 2.05) is 0 Å². The molecule has 0 heterocycles. The minimum absolute atomic E-state index is 0.642. The minimum Gasteiger partial charge on any atom is -0.315 e. The molecule has 16 heavy (non-hydrogen) atoms. The largest absolute Gasteiger partial charge is 0.315 e. The Morgan fingerprint density at radius 2 is 1.88 bits per heavy atom. The maximum absolute atomic E-state index is 3.48. The Bertz CT molecular complexity index is 164. The highest BCUT2D eigenvalue weighted by molar-refractivity contribution is 4.84. The first-order valence-electron chi connectivity index (χ1n) is 7.21. The van der Waals surface area contributed by atoms with Crippen LogP contribution < -0.4 is 5.32 Å². The number of hydrogen-bond acceptors (Lipinski definition) is 2. The molecule has 0 bridgehead atoms. The van der Waals surface area contributed by atoms with Gasteiger partial charge < -0.3 is 10.2 Å². The zero-order valence-electron chi connectivity index (χ0n) is 11.5. The van der Waals surface area contributed by atoms with Gasteiger partial charge in [0.15, 0.2) is 0 Å². The normalized spacial score (nSPS) is 16.3. The molecule has 1 aliphatic carbocycles. The third kappa shape index (κ3) is 6.49. The third-order valence-electron chi connectivity index (χ3n) is 3.25. The summed E-state index contributed by atoms with van der Waals surface area (Å²) in [6, 6.07) is 1.59. The third-order valence-corrected chi connectivity index (χ3v) is 3.25. The Kier molecular flexibility index (Phi) is 7.06. The van der Waals surface area contributed by atoms with Crippen molar-refractivity contribution >= 4 is 0 Å². The number of nitrogens with one attached hydrogen (secondary N) is 1. The zero-order chi connectivity index (χ0) is 11.8. The molecule has 0 aliphatic heterocycles. The molecular formula is C14H30N2. The van der Waals surface area contributed by atoms with Crippen molar-refractivity contribution < 1.29 is 0 Å². The van der Waals surface area contributed by atoms with Crippen LogP contribution in [-0.2, 0) is 0 Å². The van der Waals surface area contributed by atoms with E-state index >= 15 is 0 Å². The molecule has 0 amide bonds. The second kappa shape index (κ2) is 8.08. The van der Waals surface area contributed by atoms with Gasteiger partial charge >= 0.3 is 0 Å². The number of rotatable bonds is 10. The Labute approximate surface area is 102 Å². The van der Waals surface area contributed by atoms with Gasteiger partial charge in [-0.15, -0.1) is 0 Å². The van der Waals surface area contributed by atoms with Crippen LogP contribution in [0.25, 0.3) is 0 Å². The average molecular weight is 226 g/mol. The molecule has 0 aromatic rings. The fraction of sp³-hybridized carbons (Fsp3) is 1.00. The van der Waals surface area contributed by atoms with Gasteiger partial charge in [0.2, 0.25) is 0 Å². The van der Waals surface area contributed by atoms with Crippen molar-refractivity contribution in [3.8, 4) is 0 Å². The fourth-order valence-corrected chi connectivity index (χ4v) is 2.21. The van der Waals surface area contributed by atoms with E-state index in [4.69, 9.17) is 0 Å². The molecular weight excluding hydrogens is 196 g/mol. The van der Waals surface area contributed by atoms with Gasteiger partial charge in [0.25, 0.3) is 0 Å². The van der Waals surface area contributed by atoms with Crippen molar-refractivity contribution in [1.82, 2.24) is 10.2 Å². The van der Waals surface area contributed by atoms with Crippen molar-refractivity contribution in [1.29, 1.82) is 0 Å². The van der Waals surface area contributed by atoms with E-state index in [2.05, 4.69) is 31.0 Å². The summed E-state index contributed by atoms with van der Waals surface area (Å²) in [6.45, 7) is 10.6. The quantitative estimate of drug-likeness (QED) is 0.576. The first-order valence-corrected chi connectivity index (χ1v) is 7.21. The zero-order valence-corrected chi connectivity index (χ0v) is 11.5. The van der Waals surface area contributed by atoms with E-state index in [0.717, 1.165) is 6.04 Å². The number of hydrogen-bond donors (Lipinski definition) is 1. The molecule has 1 fully saturated rings. The lowest BCUT2D eigenvalue weighted by molar-refractivity contribution is 0.257. The SMILES string of the molecule is CCCN(CCCCCNC(C)C)C1CC1. The number of unbranched alkanes of at least 4 members (excludes halogenated alkanes) is 2. The molecule has 0 saturated heterocycles. The van der Waals surface area contributed by atoms with Crippen LogP contribution in [0.1, 0.15) is 59.3 Å². The van der Waals surface area contributed by atoms with E-state index in [1.165, 1.54) is 58.2 Å². The van der Waals surface area contributed by atoms with Crippen molar-refractivity contribution in [2.24, 2.45) is 0 Å². The lowest BCUT2D eigenvalue weighted by Crippen LogP contribution is -2.28. The van der Waals surface area contributed by atoms with Crippen LogP contribution in [0, 0.1) is 0 Å². The summed E-state index contributed by atoms with van der Waals surface area (Å²) in [5.41, 5.74) is 0. The van der Waals surface area contributed by atoms with Gasteiger partial charge in [0.1, 0.15) is 0 Å². The van der Waals surface area contributed by atoms with E-state index in [-0.39, 0.29) is 0 Å². The minimum atomic E-state index is 0.642. The molecule has 1 N–H and O–H groups in total. The molecule has 0 radical (unpaired) electrons. The first-order chi connectivity index (χ1) is 7.74. The average Bonchev–Trinajstić information content (AvgIpc) is 3.04. The Morgan fingerprint density at radius 3 is 2.44 bits per heavy atom. The predicted molar refractivity (Wildman–Crippen MR) is 71.9 cm³/mol. The summed E-state index contributed by atoms with van der Waals surface area (Å²) < 4.78 is 0. The monoisotopic (exact) mass is 226 g/mol. The lowest BCUT2D eigenvalue weighted by atomic mass is 10.2. The highest BCUT2D eigenvalue weighted by Gasteiger charge is 2.27. The summed E-state index contributed by atoms with van der Waals surface area (Å²) in [6.07, 6.45) is 8.32. The second-order valence-electron chi connectivity index (χ2n) is 5.44. The topological polar surface area (TPSA) is 15.3 Å². The van der Waals surface area contributed by atoms with Gasteiger partial charge in [-0.25, -0.2) is 0 Å². The second-order valence-corrected chi connectivity index (χ2v) is 5.44. The van der Waals surface area contributed by atoms with Crippen LogP contribution >= 0.6 is 0 Å². The van der Waals surface area contributed by atoms with Crippen LogP contribution in [0.15, 0.2) is 0 Å². The van der Waals surface area contributed by atoms with Gasteiger partial charge in [-0.05, 0) is 51.7 Å². The van der Waals surface area contributed by atoms with E-state index in [9.17, 15) is 0 Å². The molecule has 2 nitrogen and oxygen atoms in total. The van der Waals surface area contributed by atoms with Gasteiger partial charge in [-0.3, -0.25) is 0 Å².